The molecular weight excluding hydrogens is 503 g/mol. The molecule has 1 rings (SSSR count). The molecule has 0 saturated carbocycles. The Morgan fingerprint density at radius 3 is 2.52 bits per heavy atom. The number of rotatable bonds is 6. The quantitative estimate of drug-likeness (QED) is 0.515. The second kappa shape index (κ2) is 10.6. The zero-order valence-electron chi connectivity index (χ0n) is 13.4. The van der Waals surface area contributed by atoms with Gasteiger partial charge >= 0.3 is 5.97 Å². The molecule has 0 amide bonds. The van der Waals surface area contributed by atoms with E-state index in [-0.39, 0.29) is 79.9 Å². The van der Waals surface area contributed by atoms with Crippen molar-refractivity contribution in [2.24, 2.45) is 11.3 Å². The number of aliphatic carboxylic acids is 1. The van der Waals surface area contributed by atoms with Gasteiger partial charge in [0.05, 0.1) is 0 Å². The summed E-state index contributed by atoms with van der Waals surface area (Å²) in [7, 11) is 0. The van der Waals surface area contributed by atoms with Crippen LogP contribution >= 0.6 is 12.4 Å². The molecule has 0 aromatic rings. The van der Waals surface area contributed by atoms with Crippen LogP contribution in [0, 0.1) is 55.4 Å². The summed E-state index contributed by atoms with van der Waals surface area (Å²) < 4.78 is 0. The molecule has 1 radical (unpaired) electrons. The first-order valence-corrected chi connectivity index (χ1v) is 7.16. The molecule has 0 aromatic heterocycles. The van der Waals surface area contributed by atoms with Crippen molar-refractivity contribution < 1.29 is 54.0 Å². The summed E-state index contributed by atoms with van der Waals surface area (Å²) in [4.78, 5) is 11.1. The van der Waals surface area contributed by atoms with Crippen molar-refractivity contribution in [2.75, 3.05) is 0 Å². The van der Waals surface area contributed by atoms with Crippen molar-refractivity contribution in [3.05, 3.63) is 17.9 Å². The third-order valence-corrected chi connectivity index (χ3v) is 4.20. The molecule has 4 nitrogen and oxygen atoms in total. The fraction of sp³-hybridized carbons (Fsp3) is 0.800. The normalized spacial score (nSPS) is 27.0. The standard InChI is InChI=1S/C15H27N2O2.Ac.ClH/c1-5-7-10-9-11(14(18)19)17-12(10)13(16)15(3,4)8-6-2;;/h5,7,10-13,16-17H,6,8-9H2,1-4H3,(H,18,19);;1H/q-1;;/b7-5-;;/t10-,11-,12-,13-;;/m1../s1. The Bertz CT molecular complexity index is 351. The summed E-state index contributed by atoms with van der Waals surface area (Å²) in [5.74, 6) is -0.665. The first kappa shape index (κ1) is 24.1. The fourth-order valence-electron chi connectivity index (χ4n) is 3.09. The Hall–Kier alpha value is 0.862. The van der Waals surface area contributed by atoms with E-state index in [0.717, 1.165) is 12.8 Å². The summed E-state index contributed by atoms with van der Waals surface area (Å²) in [5.41, 5.74) is 8.43. The Morgan fingerprint density at radius 1 is 1.52 bits per heavy atom. The maximum absolute atomic E-state index is 11.1. The second-order valence-corrected chi connectivity index (χ2v) is 6.22. The van der Waals surface area contributed by atoms with Gasteiger partial charge in [-0.25, -0.2) is 0 Å². The maximum atomic E-state index is 11.1. The van der Waals surface area contributed by atoms with Gasteiger partial charge in [-0.05, 0) is 31.7 Å². The minimum absolute atomic E-state index is 0. The van der Waals surface area contributed by atoms with Gasteiger partial charge in [0.2, 0.25) is 0 Å². The summed E-state index contributed by atoms with van der Waals surface area (Å²) in [6.07, 6.45) is 6.63. The topological polar surface area (TPSA) is 73.1 Å². The molecule has 21 heavy (non-hydrogen) atoms. The third kappa shape index (κ3) is 6.47. The first-order chi connectivity index (χ1) is 8.83. The largest absolute Gasteiger partial charge is 0.673 e. The molecule has 3 N–H and O–H groups in total. The van der Waals surface area contributed by atoms with Crippen LogP contribution in [-0.4, -0.2) is 29.2 Å². The molecule has 121 valence electrons. The van der Waals surface area contributed by atoms with Crippen LogP contribution in [0.2, 0.25) is 0 Å². The average Bonchev–Trinajstić information content (AvgIpc) is 2.72. The molecule has 6 heteroatoms. The summed E-state index contributed by atoms with van der Waals surface area (Å²) in [5, 5.41) is 12.3. The van der Waals surface area contributed by atoms with Gasteiger partial charge in [0, 0.05) is 44.1 Å². The molecule has 0 aromatic carbocycles. The van der Waals surface area contributed by atoms with Crippen molar-refractivity contribution in [2.45, 2.75) is 65.1 Å². The SMILES string of the molecule is C/C=C\[C@@H]1C[C@H](C(=O)O)N[C@H]1[C@@H]([NH-])C(C)(C)CCC.Cl.[Ac]. The zero-order chi connectivity index (χ0) is 14.6. The number of hydrogen-bond donors (Lipinski definition) is 2. The van der Waals surface area contributed by atoms with Crippen molar-refractivity contribution in [3.8, 4) is 0 Å². The van der Waals surface area contributed by atoms with Crippen LogP contribution in [0.4, 0.5) is 0 Å². The molecule has 1 saturated heterocycles. The number of allylic oxidation sites excluding steroid dienone is 1. The zero-order valence-corrected chi connectivity index (χ0v) is 19.0. The van der Waals surface area contributed by atoms with E-state index in [1.807, 2.05) is 19.1 Å². The molecule has 1 fully saturated rings. The molecule has 1 heterocycles. The van der Waals surface area contributed by atoms with E-state index in [4.69, 9.17) is 10.8 Å². The van der Waals surface area contributed by atoms with E-state index in [1.54, 1.807) is 0 Å². The molecule has 0 spiro atoms. The van der Waals surface area contributed by atoms with E-state index < -0.39 is 12.0 Å². The summed E-state index contributed by atoms with van der Waals surface area (Å²) in [6, 6.07) is -0.881. The number of carbonyl (C=O) groups is 1. The molecule has 1 aliphatic heterocycles. The van der Waals surface area contributed by atoms with Gasteiger partial charge in [0.1, 0.15) is 6.04 Å². The average molecular weight is 531 g/mol. The predicted molar refractivity (Wildman–Crippen MR) is 85.3 cm³/mol. The Balaban J connectivity index is 0. The van der Waals surface area contributed by atoms with Crippen molar-refractivity contribution in [1.82, 2.24) is 5.32 Å². The maximum Gasteiger partial charge on any atom is 0.320 e. The Labute approximate surface area is 170 Å². The molecule has 1 aliphatic rings. The first-order valence-electron chi connectivity index (χ1n) is 7.16. The van der Waals surface area contributed by atoms with Gasteiger partial charge in [-0.2, -0.15) is 0 Å². The smallest absolute Gasteiger partial charge is 0.320 e. The van der Waals surface area contributed by atoms with E-state index in [9.17, 15) is 4.79 Å². The van der Waals surface area contributed by atoms with Gasteiger partial charge in [0.25, 0.3) is 0 Å². The van der Waals surface area contributed by atoms with Crippen LogP contribution in [-0.2, 0) is 4.79 Å². The van der Waals surface area contributed by atoms with E-state index in [0.29, 0.717) is 6.42 Å². The number of carboxylic acids is 1. The van der Waals surface area contributed by atoms with Gasteiger partial charge in [-0.3, -0.25) is 4.79 Å². The van der Waals surface area contributed by atoms with Crippen molar-refractivity contribution in [1.29, 1.82) is 0 Å². The molecule has 4 atom stereocenters. The number of nitrogens with one attached hydrogen (secondary N) is 2. The summed E-state index contributed by atoms with van der Waals surface area (Å²) in [6.45, 7) is 8.29. The number of hydrogen-bond acceptors (Lipinski definition) is 2. The van der Waals surface area contributed by atoms with E-state index in [1.165, 1.54) is 0 Å². The Kier molecular flexibility index (Phi) is 12.2. The predicted octanol–water partition coefficient (Wildman–Crippen LogP) is 3.66. The molecule has 0 bridgehead atoms. The van der Waals surface area contributed by atoms with E-state index in [2.05, 4.69) is 26.1 Å². The molecule has 0 unspecified atom stereocenters. The van der Waals surface area contributed by atoms with Crippen LogP contribution in [0.15, 0.2) is 12.2 Å². The van der Waals surface area contributed by atoms with E-state index >= 15 is 0 Å². The third-order valence-electron chi connectivity index (χ3n) is 4.20. The van der Waals surface area contributed by atoms with Crippen LogP contribution < -0.4 is 5.32 Å². The van der Waals surface area contributed by atoms with Crippen LogP contribution in [0.25, 0.3) is 5.73 Å². The van der Waals surface area contributed by atoms with Gasteiger partial charge < -0.3 is 16.2 Å². The number of carboxylic acid groups (broad SMARTS) is 1. The summed E-state index contributed by atoms with van der Waals surface area (Å²) >= 11 is 0. The van der Waals surface area contributed by atoms with Crippen molar-refractivity contribution >= 4 is 18.4 Å². The minimum atomic E-state index is -0.808. The van der Waals surface area contributed by atoms with Crippen molar-refractivity contribution in [3.63, 3.8) is 0 Å². The minimum Gasteiger partial charge on any atom is -0.673 e. The van der Waals surface area contributed by atoms with Crippen LogP contribution in [0.3, 0.4) is 0 Å². The van der Waals surface area contributed by atoms with Crippen LogP contribution in [0.5, 0.6) is 0 Å². The monoisotopic (exact) mass is 530 g/mol. The van der Waals surface area contributed by atoms with Crippen LogP contribution in [0.1, 0.15) is 47.0 Å². The van der Waals surface area contributed by atoms with Gasteiger partial charge in [-0.1, -0.05) is 44.8 Å². The second-order valence-electron chi connectivity index (χ2n) is 6.22. The molecular formula is C15H28AcClN2O2-. The van der Waals surface area contributed by atoms with Gasteiger partial charge in [-0.15, -0.1) is 18.4 Å². The fourth-order valence-corrected chi connectivity index (χ4v) is 3.09. The van der Waals surface area contributed by atoms with Gasteiger partial charge in [0.15, 0.2) is 0 Å². The Morgan fingerprint density at radius 2 is 2.10 bits per heavy atom. The molecule has 0 aliphatic carbocycles. The number of halogens is 1.